The topological polar surface area (TPSA) is 107 Å². The van der Waals surface area contributed by atoms with Crippen molar-refractivity contribution >= 4 is 28.4 Å². The summed E-state index contributed by atoms with van der Waals surface area (Å²) in [6.07, 6.45) is -5.30. The third kappa shape index (κ3) is 3.70. The van der Waals surface area contributed by atoms with Crippen molar-refractivity contribution in [2.24, 2.45) is 11.7 Å². The summed E-state index contributed by atoms with van der Waals surface area (Å²) in [5.74, 6) is -6.96. The maximum atomic E-state index is 14.6. The molecule has 0 bridgehead atoms. The maximum absolute atomic E-state index is 14.6. The highest BCUT2D eigenvalue weighted by Gasteiger charge is 2.65. The Labute approximate surface area is 205 Å². The van der Waals surface area contributed by atoms with Gasteiger partial charge in [0.2, 0.25) is 11.2 Å². The molecule has 1 amide bonds. The summed E-state index contributed by atoms with van der Waals surface area (Å²) in [7, 11) is 1.04. The molecule has 0 saturated carbocycles. The van der Waals surface area contributed by atoms with Crippen molar-refractivity contribution in [3.63, 3.8) is 0 Å². The number of nitrogens with one attached hydrogen (secondary N) is 1. The van der Waals surface area contributed by atoms with E-state index in [1.165, 1.54) is 19.2 Å². The third-order valence-corrected chi connectivity index (χ3v) is 7.09. The molecule has 192 valence electrons. The van der Waals surface area contributed by atoms with Crippen LogP contribution in [0.3, 0.4) is 0 Å². The number of carbonyl (C=O) groups excluding carboxylic acids is 1. The molecule has 1 aliphatic heterocycles. The van der Waals surface area contributed by atoms with Crippen molar-refractivity contribution in [1.82, 2.24) is 9.97 Å². The fraction of sp³-hybridized carbons (Fsp3) is 0.348. The lowest BCUT2D eigenvalue weighted by Crippen LogP contribution is -2.46. The number of primary amides is 1. The Hall–Kier alpha value is -3.25. The van der Waals surface area contributed by atoms with Crippen LogP contribution in [0.5, 0.6) is 5.75 Å². The molecule has 2 aromatic heterocycles. The second-order valence-corrected chi connectivity index (χ2v) is 8.95. The lowest BCUT2D eigenvalue weighted by Gasteiger charge is -2.32. The van der Waals surface area contributed by atoms with E-state index in [0.717, 1.165) is 26.2 Å². The van der Waals surface area contributed by atoms with Gasteiger partial charge in [-0.3, -0.25) is 14.6 Å². The van der Waals surface area contributed by atoms with Crippen LogP contribution in [0.25, 0.3) is 10.9 Å². The summed E-state index contributed by atoms with van der Waals surface area (Å²) in [6.45, 7) is 2.06. The quantitative estimate of drug-likeness (QED) is 0.471. The SMILES string of the molecule is COc1c([C@H]2[C@H](c3[nH]c4ccnc(C(N)=O)c4c(=O)c3Cl)O[C@@](C)(C(F)(F)F)[C@H]2C)ccc(F)c1F. The van der Waals surface area contributed by atoms with E-state index in [1.54, 1.807) is 0 Å². The van der Waals surface area contributed by atoms with Crippen LogP contribution in [0.4, 0.5) is 22.0 Å². The first-order chi connectivity index (χ1) is 16.7. The molecule has 7 nitrogen and oxygen atoms in total. The monoisotopic (exact) mass is 531 g/mol. The Balaban J connectivity index is 2.03. The zero-order valence-corrected chi connectivity index (χ0v) is 19.7. The van der Waals surface area contributed by atoms with E-state index in [1.807, 2.05) is 0 Å². The van der Waals surface area contributed by atoms with E-state index < -0.39 is 63.5 Å². The fourth-order valence-corrected chi connectivity index (χ4v) is 4.92. The maximum Gasteiger partial charge on any atom is 0.417 e. The highest BCUT2D eigenvalue weighted by Crippen LogP contribution is 2.59. The number of pyridine rings is 2. The van der Waals surface area contributed by atoms with Crippen LogP contribution in [-0.4, -0.2) is 34.8 Å². The van der Waals surface area contributed by atoms with Crippen molar-refractivity contribution in [1.29, 1.82) is 0 Å². The first-order valence-electron chi connectivity index (χ1n) is 10.5. The Kier molecular flexibility index (Phi) is 6.24. The highest BCUT2D eigenvalue weighted by molar-refractivity contribution is 6.32. The number of amides is 1. The summed E-state index contributed by atoms with van der Waals surface area (Å²) < 4.78 is 81.7. The number of hydrogen-bond donors (Lipinski definition) is 2. The molecular weight excluding hydrogens is 513 g/mol. The molecule has 1 saturated heterocycles. The van der Waals surface area contributed by atoms with E-state index in [9.17, 15) is 31.5 Å². The van der Waals surface area contributed by atoms with E-state index in [4.69, 9.17) is 26.8 Å². The number of methoxy groups -OCH3 is 1. The van der Waals surface area contributed by atoms with E-state index >= 15 is 0 Å². The second-order valence-electron chi connectivity index (χ2n) is 8.57. The Morgan fingerprint density at radius 2 is 1.94 bits per heavy atom. The van der Waals surface area contributed by atoms with Gasteiger partial charge < -0.3 is 20.2 Å². The van der Waals surface area contributed by atoms with Crippen molar-refractivity contribution in [3.05, 3.63) is 68.2 Å². The number of aromatic nitrogens is 2. The van der Waals surface area contributed by atoms with Gasteiger partial charge in [-0.1, -0.05) is 24.6 Å². The number of nitrogens with two attached hydrogens (primary N) is 1. The Morgan fingerprint density at radius 1 is 1.28 bits per heavy atom. The van der Waals surface area contributed by atoms with Gasteiger partial charge in [-0.2, -0.15) is 17.6 Å². The smallest absolute Gasteiger partial charge is 0.417 e. The minimum atomic E-state index is -4.89. The normalized spacial score (nSPS) is 24.3. The van der Waals surface area contributed by atoms with Gasteiger partial charge in [0.25, 0.3) is 5.91 Å². The molecule has 4 rings (SSSR count). The predicted molar refractivity (Wildman–Crippen MR) is 119 cm³/mol. The number of H-pyrrole nitrogens is 1. The van der Waals surface area contributed by atoms with Crippen LogP contribution >= 0.6 is 11.6 Å². The first kappa shape index (κ1) is 25.8. The fourth-order valence-electron chi connectivity index (χ4n) is 4.67. The number of nitrogens with zero attached hydrogens (tertiary/aromatic N) is 1. The van der Waals surface area contributed by atoms with Crippen LogP contribution in [0, 0.1) is 17.6 Å². The average Bonchev–Trinajstić information content (AvgIpc) is 3.08. The molecule has 36 heavy (non-hydrogen) atoms. The van der Waals surface area contributed by atoms with Crippen LogP contribution in [0.15, 0.2) is 29.2 Å². The van der Waals surface area contributed by atoms with E-state index in [0.29, 0.717) is 0 Å². The first-order valence-corrected chi connectivity index (χ1v) is 10.9. The van der Waals surface area contributed by atoms with Crippen LogP contribution in [0.2, 0.25) is 5.02 Å². The molecule has 1 aromatic carbocycles. The molecule has 1 aliphatic rings. The zero-order chi connectivity index (χ0) is 26.7. The van der Waals surface area contributed by atoms with Gasteiger partial charge in [-0.25, -0.2) is 4.39 Å². The number of fused-ring (bicyclic) bond motifs is 1. The molecule has 3 heterocycles. The van der Waals surface area contributed by atoms with Crippen LogP contribution in [0.1, 0.15) is 47.6 Å². The molecule has 0 unspecified atom stereocenters. The number of hydrogen-bond acceptors (Lipinski definition) is 5. The summed E-state index contributed by atoms with van der Waals surface area (Å²) in [4.78, 5) is 31.4. The predicted octanol–water partition coefficient (Wildman–Crippen LogP) is 4.77. The van der Waals surface area contributed by atoms with Crippen LogP contribution < -0.4 is 15.9 Å². The summed E-state index contributed by atoms with van der Waals surface area (Å²) >= 11 is 6.32. The highest BCUT2D eigenvalue weighted by atomic mass is 35.5. The molecular formula is C23H19ClF5N3O4. The number of halogens is 6. The van der Waals surface area contributed by atoms with Gasteiger partial charge in [0, 0.05) is 23.6 Å². The summed E-state index contributed by atoms with van der Waals surface area (Å²) in [5.41, 5.74) is 0.842. The largest absolute Gasteiger partial charge is 0.493 e. The molecule has 13 heteroatoms. The Bertz CT molecular complexity index is 1440. The van der Waals surface area contributed by atoms with Gasteiger partial charge in [-0.05, 0) is 19.1 Å². The third-order valence-electron chi connectivity index (χ3n) is 6.71. The van der Waals surface area contributed by atoms with Crippen molar-refractivity contribution in [3.8, 4) is 5.75 Å². The zero-order valence-electron chi connectivity index (χ0n) is 19.0. The molecule has 0 radical (unpaired) electrons. The molecule has 1 fully saturated rings. The molecule has 4 atom stereocenters. The summed E-state index contributed by atoms with van der Waals surface area (Å²) in [6, 6.07) is 3.16. The van der Waals surface area contributed by atoms with Gasteiger partial charge in [0.1, 0.15) is 16.8 Å². The molecule has 3 aromatic rings. The average molecular weight is 532 g/mol. The minimum Gasteiger partial charge on any atom is -0.493 e. The molecule has 0 aliphatic carbocycles. The standard InChI is InChI=1S/C23H19ClF5N3O4/c1-8-12(9-4-5-10(25)15(26)19(9)35-3)20(36-22(8,2)23(27,28)29)17-14(24)18(33)13-11(32-17)6-7-31-16(13)21(30)34/h4-8,12,20H,1-3H3,(H2,30,34)(H,32,33)/t8-,12-,20+,22+/m0/s1. The molecule has 3 N–H and O–H groups in total. The van der Waals surface area contributed by atoms with Crippen molar-refractivity contribution < 1.29 is 36.2 Å². The number of alkyl halides is 3. The van der Waals surface area contributed by atoms with E-state index in [2.05, 4.69) is 9.97 Å². The Morgan fingerprint density at radius 3 is 2.53 bits per heavy atom. The van der Waals surface area contributed by atoms with Gasteiger partial charge in [-0.15, -0.1) is 0 Å². The number of benzene rings is 1. The van der Waals surface area contributed by atoms with Gasteiger partial charge in [0.05, 0.1) is 23.7 Å². The number of ether oxygens (including phenoxy) is 2. The van der Waals surface area contributed by atoms with Gasteiger partial charge >= 0.3 is 6.18 Å². The lowest BCUT2D eigenvalue weighted by atomic mass is 9.76. The van der Waals surface area contributed by atoms with Crippen LogP contribution in [-0.2, 0) is 4.74 Å². The number of rotatable bonds is 4. The van der Waals surface area contributed by atoms with Crippen molar-refractivity contribution in [2.75, 3.05) is 7.11 Å². The van der Waals surface area contributed by atoms with Gasteiger partial charge in [0.15, 0.2) is 17.2 Å². The summed E-state index contributed by atoms with van der Waals surface area (Å²) in [5, 5.41) is -0.835. The van der Waals surface area contributed by atoms with Crippen molar-refractivity contribution in [2.45, 2.75) is 37.6 Å². The second kappa shape index (κ2) is 8.70. The molecule has 0 spiro atoms. The number of carbonyl (C=O) groups is 1. The minimum absolute atomic E-state index is 0.0102. The number of aromatic amines is 1. The lowest BCUT2D eigenvalue weighted by molar-refractivity contribution is -0.275. The van der Waals surface area contributed by atoms with E-state index in [-0.39, 0.29) is 27.9 Å².